The van der Waals surface area contributed by atoms with Gasteiger partial charge >= 0.3 is 0 Å². The van der Waals surface area contributed by atoms with Gasteiger partial charge in [-0.3, -0.25) is 4.79 Å². The van der Waals surface area contributed by atoms with Crippen molar-refractivity contribution in [3.63, 3.8) is 0 Å². The Bertz CT molecular complexity index is 480. The first-order chi connectivity index (χ1) is 10.1. The molecule has 1 atom stereocenters. The SMILES string of the molecule is COc1ccc(C)cc1N[C@H](C)C(=O)N1CCCCCC1. The van der Waals surface area contributed by atoms with Crippen LogP contribution in [0.15, 0.2) is 18.2 Å². The summed E-state index contributed by atoms with van der Waals surface area (Å²) in [5.74, 6) is 0.955. The van der Waals surface area contributed by atoms with Gasteiger partial charge < -0.3 is 15.0 Å². The molecule has 1 aromatic carbocycles. The lowest BCUT2D eigenvalue weighted by Gasteiger charge is -2.25. The van der Waals surface area contributed by atoms with E-state index in [1.165, 1.54) is 12.8 Å². The zero-order valence-corrected chi connectivity index (χ0v) is 13.3. The molecule has 1 saturated heterocycles. The lowest BCUT2D eigenvalue weighted by Crippen LogP contribution is -2.41. The van der Waals surface area contributed by atoms with E-state index in [4.69, 9.17) is 4.74 Å². The summed E-state index contributed by atoms with van der Waals surface area (Å²) in [6, 6.07) is 5.72. The van der Waals surface area contributed by atoms with Crippen molar-refractivity contribution in [2.75, 3.05) is 25.5 Å². The summed E-state index contributed by atoms with van der Waals surface area (Å²) in [5.41, 5.74) is 2.03. The summed E-state index contributed by atoms with van der Waals surface area (Å²) in [7, 11) is 1.65. The fourth-order valence-electron chi connectivity index (χ4n) is 2.79. The fourth-order valence-corrected chi connectivity index (χ4v) is 2.79. The average Bonchev–Trinajstić information content (AvgIpc) is 2.75. The first kappa shape index (κ1) is 15.7. The highest BCUT2D eigenvalue weighted by Crippen LogP contribution is 2.26. The summed E-state index contributed by atoms with van der Waals surface area (Å²) in [6.45, 7) is 5.73. The number of nitrogens with zero attached hydrogens (tertiary/aromatic N) is 1. The number of carbonyl (C=O) groups is 1. The molecule has 1 N–H and O–H groups in total. The van der Waals surface area contributed by atoms with E-state index in [1.54, 1.807) is 7.11 Å². The summed E-state index contributed by atoms with van der Waals surface area (Å²) >= 11 is 0. The molecule has 1 amide bonds. The predicted octanol–water partition coefficient (Wildman–Crippen LogP) is 3.21. The van der Waals surface area contributed by atoms with Gasteiger partial charge in [-0.1, -0.05) is 18.9 Å². The van der Waals surface area contributed by atoms with Crippen molar-refractivity contribution >= 4 is 11.6 Å². The number of anilines is 1. The first-order valence-corrected chi connectivity index (χ1v) is 7.82. The second-order valence-electron chi connectivity index (χ2n) is 5.81. The smallest absolute Gasteiger partial charge is 0.244 e. The molecule has 0 bridgehead atoms. The zero-order chi connectivity index (χ0) is 15.2. The highest BCUT2D eigenvalue weighted by Gasteiger charge is 2.22. The van der Waals surface area contributed by atoms with Crippen molar-refractivity contribution in [2.24, 2.45) is 0 Å². The Labute approximate surface area is 127 Å². The third-order valence-corrected chi connectivity index (χ3v) is 4.02. The van der Waals surface area contributed by atoms with Gasteiger partial charge in [0, 0.05) is 13.1 Å². The highest BCUT2D eigenvalue weighted by molar-refractivity contribution is 5.85. The largest absolute Gasteiger partial charge is 0.495 e. The molecule has 2 rings (SSSR count). The highest BCUT2D eigenvalue weighted by atomic mass is 16.5. The molecule has 1 aromatic rings. The maximum atomic E-state index is 12.6. The first-order valence-electron chi connectivity index (χ1n) is 7.82. The molecule has 0 radical (unpaired) electrons. The van der Waals surface area contributed by atoms with Crippen molar-refractivity contribution in [3.8, 4) is 5.75 Å². The number of carbonyl (C=O) groups excluding carboxylic acids is 1. The van der Waals surface area contributed by atoms with Crippen LogP contribution in [-0.2, 0) is 4.79 Å². The summed E-state index contributed by atoms with van der Waals surface area (Å²) < 4.78 is 5.36. The molecule has 1 aliphatic rings. The number of ether oxygens (including phenoxy) is 1. The van der Waals surface area contributed by atoms with Gasteiger partial charge in [-0.05, 0) is 44.4 Å². The minimum absolute atomic E-state index is 0.181. The number of amides is 1. The maximum absolute atomic E-state index is 12.6. The van der Waals surface area contributed by atoms with Crippen LogP contribution in [0.5, 0.6) is 5.75 Å². The van der Waals surface area contributed by atoms with E-state index >= 15 is 0 Å². The van der Waals surface area contributed by atoms with Gasteiger partial charge in [0.25, 0.3) is 0 Å². The monoisotopic (exact) mass is 290 g/mol. The van der Waals surface area contributed by atoms with Crippen molar-refractivity contribution in [2.45, 2.75) is 45.6 Å². The number of rotatable bonds is 4. The number of aryl methyl sites for hydroxylation is 1. The van der Waals surface area contributed by atoms with Crippen LogP contribution in [-0.4, -0.2) is 37.0 Å². The van der Waals surface area contributed by atoms with Gasteiger partial charge in [0.05, 0.1) is 12.8 Å². The maximum Gasteiger partial charge on any atom is 0.244 e. The molecule has 0 aliphatic carbocycles. The summed E-state index contributed by atoms with van der Waals surface area (Å²) in [5, 5.41) is 3.30. The lowest BCUT2D eigenvalue weighted by atomic mass is 10.2. The third-order valence-electron chi connectivity index (χ3n) is 4.02. The minimum Gasteiger partial charge on any atom is -0.495 e. The van der Waals surface area contributed by atoms with Gasteiger partial charge in [0.15, 0.2) is 0 Å². The Balaban J connectivity index is 2.04. The van der Waals surface area contributed by atoms with Crippen molar-refractivity contribution in [1.82, 2.24) is 4.90 Å². The summed E-state index contributed by atoms with van der Waals surface area (Å²) in [6.07, 6.45) is 4.70. The van der Waals surface area contributed by atoms with E-state index in [-0.39, 0.29) is 11.9 Å². The van der Waals surface area contributed by atoms with Gasteiger partial charge in [-0.25, -0.2) is 0 Å². The fraction of sp³-hybridized carbons (Fsp3) is 0.588. The quantitative estimate of drug-likeness (QED) is 0.926. The molecule has 1 aliphatic heterocycles. The Kier molecular flexibility index (Phi) is 5.48. The predicted molar refractivity (Wildman–Crippen MR) is 85.9 cm³/mol. The summed E-state index contributed by atoms with van der Waals surface area (Å²) in [4.78, 5) is 14.6. The normalized spacial score (nSPS) is 17.0. The molecule has 21 heavy (non-hydrogen) atoms. The van der Waals surface area contributed by atoms with Gasteiger partial charge in [-0.2, -0.15) is 0 Å². The molecule has 4 heteroatoms. The molecule has 4 nitrogen and oxygen atoms in total. The van der Waals surface area contributed by atoms with Gasteiger partial charge in [-0.15, -0.1) is 0 Å². The number of likely N-dealkylation sites (tertiary alicyclic amines) is 1. The third kappa shape index (κ3) is 4.13. The molecule has 0 saturated carbocycles. The lowest BCUT2D eigenvalue weighted by molar-refractivity contribution is -0.131. The van der Waals surface area contributed by atoms with Crippen LogP contribution in [0.1, 0.15) is 38.2 Å². The van der Waals surface area contributed by atoms with E-state index in [0.29, 0.717) is 0 Å². The molecule has 0 spiro atoms. The van der Waals surface area contributed by atoms with Crippen LogP contribution in [0.4, 0.5) is 5.69 Å². The van der Waals surface area contributed by atoms with Crippen LogP contribution in [0.2, 0.25) is 0 Å². The zero-order valence-electron chi connectivity index (χ0n) is 13.3. The van der Waals surface area contributed by atoms with E-state index in [1.807, 2.05) is 36.9 Å². The van der Waals surface area contributed by atoms with Gasteiger partial charge in [0.2, 0.25) is 5.91 Å². The van der Waals surface area contributed by atoms with E-state index < -0.39 is 0 Å². The number of nitrogens with one attached hydrogen (secondary N) is 1. The van der Waals surface area contributed by atoms with Crippen LogP contribution in [0.25, 0.3) is 0 Å². The van der Waals surface area contributed by atoms with Crippen molar-refractivity contribution < 1.29 is 9.53 Å². The number of hydrogen-bond donors (Lipinski definition) is 1. The van der Waals surface area contributed by atoms with Crippen LogP contribution in [0.3, 0.4) is 0 Å². The number of benzene rings is 1. The van der Waals surface area contributed by atoms with Crippen LogP contribution < -0.4 is 10.1 Å². The average molecular weight is 290 g/mol. The molecular formula is C17H26N2O2. The van der Waals surface area contributed by atoms with Crippen molar-refractivity contribution in [1.29, 1.82) is 0 Å². The molecule has 1 heterocycles. The Hall–Kier alpha value is -1.71. The molecule has 0 unspecified atom stereocenters. The molecule has 116 valence electrons. The second kappa shape index (κ2) is 7.34. The topological polar surface area (TPSA) is 41.6 Å². The number of hydrogen-bond acceptors (Lipinski definition) is 3. The van der Waals surface area contributed by atoms with Crippen LogP contribution in [0, 0.1) is 6.92 Å². The second-order valence-corrected chi connectivity index (χ2v) is 5.81. The Morgan fingerprint density at radius 2 is 1.90 bits per heavy atom. The molecular weight excluding hydrogens is 264 g/mol. The Morgan fingerprint density at radius 1 is 1.24 bits per heavy atom. The molecule has 1 fully saturated rings. The van der Waals surface area contributed by atoms with E-state index in [2.05, 4.69) is 5.32 Å². The number of methoxy groups -OCH3 is 1. The Morgan fingerprint density at radius 3 is 2.52 bits per heavy atom. The minimum atomic E-state index is -0.237. The van der Waals surface area contributed by atoms with E-state index in [9.17, 15) is 4.79 Å². The van der Waals surface area contributed by atoms with Crippen molar-refractivity contribution in [3.05, 3.63) is 23.8 Å². The van der Waals surface area contributed by atoms with E-state index in [0.717, 1.165) is 42.9 Å². The molecule has 0 aromatic heterocycles. The van der Waals surface area contributed by atoms with Gasteiger partial charge in [0.1, 0.15) is 11.8 Å². The standard InChI is InChI=1S/C17H26N2O2/c1-13-8-9-16(21-3)15(12-13)18-14(2)17(20)19-10-6-4-5-7-11-19/h8-9,12,14,18H,4-7,10-11H2,1-3H3/t14-/m1/s1. The van der Waals surface area contributed by atoms with Crippen LogP contribution >= 0.6 is 0 Å².